The molecule has 1 saturated heterocycles. The second-order valence-corrected chi connectivity index (χ2v) is 8.91. The number of nitro groups is 1. The van der Waals surface area contributed by atoms with E-state index in [0.717, 1.165) is 37.1 Å². The Labute approximate surface area is 155 Å². The maximum absolute atomic E-state index is 13.8. The molecule has 138 valence electrons. The molecule has 1 aliphatic heterocycles. The molecule has 0 spiro atoms. The first-order valence-electron chi connectivity index (χ1n) is 8.10. The Morgan fingerprint density at radius 1 is 1.04 bits per heavy atom. The first kappa shape index (κ1) is 18.8. The molecule has 1 fully saturated rings. The summed E-state index contributed by atoms with van der Waals surface area (Å²) in [5.74, 6) is -0.489. The topological polar surface area (TPSA) is 80.5 Å². The summed E-state index contributed by atoms with van der Waals surface area (Å²) in [6.07, 6.45) is 2.54. The lowest BCUT2D eigenvalue weighted by molar-refractivity contribution is -0.388. The minimum absolute atomic E-state index is 0.107. The van der Waals surface area contributed by atoms with Gasteiger partial charge in [-0.3, -0.25) is 10.1 Å². The number of rotatable bonds is 5. The van der Waals surface area contributed by atoms with E-state index in [1.165, 1.54) is 34.6 Å². The summed E-state index contributed by atoms with van der Waals surface area (Å²) in [6, 6.07) is 9.72. The van der Waals surface area contributed by atoms with Crippen LogP contribution in [-0.2, 0) is 10.0 Å². The molecular weight excluding hydrogens is 379 g/mol. The van der Waals surface area contributed by atoms with Gasteiger partial charge in [0, 0.05) is 24.1 Å². The van der Waals surface area contributed by atoms with E-state index in [4.69, 9.17) is 0 Å². The number of hydrogen-bond acceptors (Lipinski definition) is 5. The summed E-state index contributed by atoms with van der Waals surface area (Å²) in [5, 5.41) is 11.4. The van der Waals surface area contributed by atoms with Crippen molar-refractivity contribution in [2.75, 3.05) is 13.1 Å². The highest BCUT2D eigenvalue weighted by Crippen LogP contribution is 2.37. The molecule has 0 aliphatic carbocycles. The minimum Gasteiger partial charge on any atom is -0.258 e. The van der Waals surface area contributed by atoms with Crippen LogP contribution in [0.5, 0.6) is 0 Å². The Morgan fingerprint density at radius 3 is 2.38 bits per heavy atom. The highest BCUT2D eigenvalue weighted by molar-refractivity contribution is 7.99. The minimum atomic E-state index is -3.77. The van der Waals surface area contributed by atoms with Gasteiger partial charge in [-0.15, -0.1) is 0 Å². The molecule has 0 radical (unpaired) electrons. The van der Waals surface area contributed by atoms with E-state index < -0.39 is 20.8 Å². The predicted octanol–water partition coefficient (Wildman–Crippen LogP) is 4.06. The molecule has 3 rings (SSSR count). The van der Waals surface area contributed by atoms with Gasteiger partial charge in [0.1, 0.15) is 5.82 Å². The van der Waals surface area contributed by atoms with Crippen LogP contribution in [-0.4, -0.2) is 30.7 Å². The second-order valence-electron chi connectivity index (χ2n) is 5.88. The van der Waals surface area contributed by atoms with E-state index in [2.05, 4.69) is 0 Å². The number of sulfonamides is 1. The van der Waals surface area contributed by atoms with Gasteiger partial charge in [0.15, 0.2) is 0 Å². The van der Waals surface area contributed by atoms with Crippen molar-refractivity contribution in [1.82, 2.24) is 4.31 Å². The van der Waals surface area contributed by atoms with E-state index in [1.807, 2.05) is 0 Å². The van der Waals surface area contributed by atoms with Crippen LogP contribution in [0.4, 0.5) is 10.1 Å². The molecule has 0 N–H and O–H groups in total. The van der Waals surface area contributed by atoms with Gasteiger partial charge in [-0.2, -0.15) is 4.31 Å². The van der Waals surface area contributed by atoms with E-state index in [9.17, 15) is 22.9 Å². The molecule has 0 bridgehead atoms. The number of nitrogens with zero attached hydrogens (tertiary/aromatic N) is 2. The molecule has 6 nitrogen and oxygen atoms in total. The highest BCUT2D eigenvalue weighted by atomic mass is 32.2. The van der Waals surface area contributed by atoms with E-state index in [-0.39, 0.29) is 20.4 Å². The first-order chi connectivity index (χ1) is 12.4. The van der Waals surface area contributed by atoms with Crippen molar-refractivity contribution in [3.63, 3.8) is 0 Å². The molecule has 9 heteroatoms. The van der Waals surface area contributed by atoms with Crippen molar-refractivity contribution >= 4 is 27.5 Å². The molecule has 2 aromatic rings. The van der Waals surface area contributed by atoms with Crippen molar-refractivity contribution < 1.29 is 17.7 Å². The van der Waals surface area contributed by atoms with Crippen molar-refractivity contribution in [3.05, 3.63) is 58.4 Å². The molecule has 0 atom stereocenters. The van der Waals surface area contributed by atoms with Gasteiger partial charge in [-0.05, 0) is 37.1 Å². The van der Waals surface area contributed by atoms with E-state index >= 15 is 0 Å². The van der Waals surface area contributed by atoms with Crippen LogP contribution in [0.15, 0.2) is 57.2 Å². The van der Waals surface area contributed by atoms with Crippen molar-refractivity contribution in [2.24, 2.45) is 0 Å². The van der Waals surface area contributed by atoms with Gasteiger partial charge in [-0.1, -0.05) is 30.3 Å². The summed E-state index contributed by atoms with van der Waals surface area (Å²) in [5.41, 5.74) is -0.351. The fourth-order valence-corrected chi connectivity index (χ4v) is 5.25. The van der Waals surface area contributed by atoms with Crippen LogP contribution in [0.25, 0.3) is 0 Å². The van der Waals surface area contributed by atoms with Crippen molar-refractivity contribution in [2.45, 2.75) is 33.9 Å². The maximum atomic E-state index is 13.8. The standard InChI is InChI=1S/C17H17FN2O4S2/c18-14-6-2-3-7-16(14)25-17-9-8-13(12-15(17)20(21)22)26(23,24)19-10-4-1-5-11-19/h2-3,6-9,12H,1,4-5,10-11H2. The molecule has 0 unspecified atom stereocenters. The summed E-state index contributed by atoms with van der Waals surface area (Å²) in [4.78, 5) is 11.1. The van der Waals surface area contributed by atoms with Crippen LogP contribution < -0.4 is 0 Å². The van der Waals surface area contributed by atoms with E-state index in [1.54, 1.807) is 6.07 Å². The Kier molecular flexibility index (Phi) is 5.59. The third-order valence-electron chi connectivity index (χ3n) is 4.14. The zero-order valence-corrected chi connectivity index (χ0v) is 15.4. The van der Waals surface area contributed by atoms with Crippen molar-refractivity contribution in [3.8, 4) is 0 Å². The fraction of sp³-hybridized carbons (Fsp3) is 0.294. The Balaban J connectivity index is 1.97. The zero-order chi connectivity index (χ0) is 18.7. The smallest absolute Gasteiger partial charge is 0.258 e. The van der Waals surface area contributed by atoms with Gasteiger partial charge in [0.05, 0.1) is 14.7 Å². The quantitative estimate of drug-likeness (QED) is 0.562. The summed E-state index contributed by atoms with van der Waals surface area (Å²) < 4.78 is 40.6. The average molecular weight is 396 g/mol. The molecule has 0 amide bonds. The van der Waals surface area contributed by atoms with Gasteiger partial charge < -0.3 is 0 Å². The second kappa shape index (κ2) is 7.73. The SMILES string of the molecule is O=[N+]([O-])c1cc(S(=O)(=O)N2CCCCC2)ccc1Sc1ccccc1F. The zero-order valence-electron chi connectivity index (χ0n) is 13.8. The van der Waals surface area contributed by atoms with Gasteiger partial charge in [-0.25, -0.2) is 12.8 Å². The van der Waals surface area contributed by atoms with Crippen LogP contribution in [0.1, 0.15) is 19.3 Å². The van der Waals surface area contributed by atoms with Gasteiger partial charge in [0.25, 0.3) is 5.69 Å². The molecular formula is C17H17FN2O4S2. The monoisotopic (exact) mass is 396 g/mol. The van der Waals surface area contributed by atoms with Gasteiger partial charge >= 0.3 is 0 Å². The molecule has 0 aromatic heterocycles. The lowest BCUT2D eigenvalue weighted by Gasteiger charge is -2.25. The third kappa shape index (κ3) is 3.89. The average Bonchev–Trinajstić information content (AvgIpc) is 2.64. The van der Waals surface area contributed by atoms with Crippen LogP contribution in [0.3, 0.4) is 0 Å². The van der Waals surface area contributed by atoms with Crippen LogP contribution >= 0.6 is 11.8 Å². The normalized spacial score (nSPS) is 15.7. The molecule has 1 heterocycles. The highest BCUT2D eigenvalue weighted by Gasteiger charge is 2.28. The predicted molar refractivity (Wildman–Crippen MR) is 96.2 cm³/mol. The Morgan fingerprint density at radius 2 is 1.73 bits per heavy atom. The number of hydrogen-bond donors (Lipinski definition) is 0. The summed E-state index contributed by atoms with van der Waals surface area (Å²) >= 11 is 0.899. The lowest BCUT2D eigenvalue weighted by Crippen LogP contribution is -2.35. The largest absolute Gasteiger partial charge is 0.284 e. The third-order valence-corrected chi connectivity index (χ3v) is 7.15. The maximum Gasteiger partial charge on any atom is 0.284 e. The lowest BCUT2D eigenvalue weighted by atomic mass is 10.2. The molecule has 2 aromatic carbocycles. The Bertz CT molecular complexity index is 928. The molecule has 26 heavy (non-hydrogen) atoms. The summed E-state index contributed by atoms with van der Waals surface area (Å²) in [6.45, 7) is 0.837. The summed E-state index contributed by atoms with van der Waals surface area (Å²) in [7, 11) is -3.77. The van der Waals surface area contributed by atoms with Gasteiger partial charge in [0.2, 0.25) is 10.0 Å². The fourth-order valence-electron chi connectivity index (χ4n) is 2.79. The number of benzene rings is 2. The number of nitro benzene ring substituents is 1. The number of piperidine rings is 1. The van der Waals surface area contributed by atoms with Crippen LogP contribution in [0, 0.1) is 15.9 Å². The first-order valence-corrected chi connectivity index (χ1v) is 10.4. The van der Waals surface area contributed by atoms with Crippen molar-refractivity contribution in [1.29, 1.82) is 0 Å². The molecule has 0 saturated carbocycles. The van der Waals surface area contributed by atoms with Crippen LogP contribution in [0.2, 0.25) is 0 Å². The Hall–Kier alpha value is -1.97. The molecule has 1 aliphatic rings. The number of halogens is 1. The van der Waals surface area contributed by atoms with E-state index in [0.29, 0.717) is 13.1 Å².